The Morgan fingerprint density at radius 2 is 1.69 bits per heavy atom. The van der Waals surface area contributed by atoms with Gasteiger partial charge in [-0.25, -0.2) is 9.97 Å². The normalized spacial score (nSPS) is 10.4. The predicted octanol–water partition coefficient (Wildman–Crippen LogP) is 4.11. The molecule has 3 aromatic rings. The van der Waals surface area contributed by atoms with Crippen LogP contribution in [-0.4, -0.2) is 27.8 Å². The average Bonchev–Trinajstić information content (AvgIpc) is 2.65. The molecule has 0 radical (unpaired) electrons. The first-order valence-electron chi connectivity index (χ1n) is 8.49. The number of nitrogens with zero attached hydrogens (tertiary/aromatic N) is 3. The van der Waals surface area contributed by atoms with Crippen LogP contribution in [0.2, 0.25) is 0 Å². The Morgan fingerprint density at radius 1 is 1.00 bits per heavy atom. The maximum absolute atomic E-state index is 12.7. The molecule has 0 spiro atoms. The van der Waals surface area contributed by atoms with Gasteiger partial charge < -0.3 is 10.2 Å². The number of aryl methyl sites for hydroxylation is 2. The summed E-state index contributed by atoms with van der Waals surface area (Å²) < 4.78 is 0. The van der Waals surface area contributed by atoms with Gasteiger partial charge in [0.15, 0.2) is 0 Å². The highest BCUT2D eigenvalue weighted by molar-refractivity contribution is 5.92. The Bertz CT molecular complexity index is 889. The lowest BCUT2D eigenvalue weighted by atomic mass is 10.1. The number of hydrogen-bond donors (Lipinski definition) is 1. The van der Waals surface area contributed by atoms with Crippen molar-refractivity contribution in [2.75, 3.05) is 12.4 Å². The first-order chi connectivity index (χ1) is 12.5. The van der Waals surface area contributed by atoms with E-state index in [1.165, 1.54) is 6.33 Å². The third kappa shape index (κ3) is 4.06. The van der Waals surface area contributed by atoms with Gasteiger partial charge in [0.2, 0.25) is 0 Å². The fraction of sp³-hybridized carbons (Fsp3) is 0.190. The SMILES string of the molecule is Cc1cccc(C)c1Nc1cc(C(=O)N(C)Cc2ccccc2)ncn1. The number of anilines is 2. The van der Waals surface area contributed by atoms with E-state index in [9.17, 15) is 4.79 Å². The van der Waals surface area contributed by atoms with Crippen molar-refractivity contribution in [1.82, 2.24) is 14.9 Å². The molecule has 26 heavy (non-hydrogen) atoms. The number of benzene rings is 2. The van der Waals surface area contributed by atoms with E-state index in [-0.39, 0.29) is 5.91 Å². The van der Waals surface area contributed by atoms with E-state index in [0.29, 0.717) is 18.1 Å². The molecule has 0 fully saturated rings. The summed E-state index contributed by atoms with van der Waals surface area (Å²) in [6.07, 6.45) is 1.42. The third-order valence-electron chi connectivity index (χ3n) is 4.23. The molecule has 0 aliphatic heterocycles. The fourth-order valence-electron chi connectivity index (χ4n) is 2.81. The van der Waals surface area contributed by atoms with Crippen LogP contribution in [0.15, 0.2) is 60.9 Å². The minimum atomic E-state index is -0.138. The standard InChI is InChI=1S/C21H22N4O/c1-15-8-7-9-16(2)20(15)24-19-12-18(22-14-23-19)21(26)25(3)13-17-10-5-4-6-11-17/h4-12,14H,13H2,1-3H3,(H,22,23,24). The minimum Gasteiger partial charge on any atom is -0.340 e. The van der Waals surface area contributed by atoms with Crippen LogP contribution in [-0.2, 0) is 6.54 Å². The van der Waals surface area contributed by atoms with Gasteiger partial charge in [-0.2, -0.15) is 0 Å². The molecule has 1 aromatic heterocycles. The number of rotatable bonds is 5. The van der Waals surface area contributed by atoms with Gasteiger partial charge in [0.25, 0.3) is 5.91 Å². The van der Waals surface area contributed by atoms with Gasteiger partial charge in [-0.3, -0.25) is 4.79 Å². The minimum absolute atomic E-state index is 0.138. The Hall–Kier alpha value is -3.21. The summed E-state index contributed by atoms with van der Waals surface area (Å²) in [6, 6.07) is 17.7. The Kier molecular flexibility index (Phi) is 5.27. The van der Waals surface area contributed by atoms with E-state index in [2.05, 4.69) is 15.3 Å². The molecule has 2 aromatic carbocycles. The lowest BCUT2D eigenvalue weighted by Crippen LogP contribution is -2.27. The van der Waals surface area contributed by atoms with Gasteiger partial charge in [0.05, 0.1) is 0 Å². The summed E-state index contributed by atoms with van der Waals surface area (Å²) in [6.45, 7) is 4.61. The van der Waals surface area contributed by atoms with Crippen molar-refractivity contribution < 1.29 is 4.79 Å². The monoisotopic (exact) mass is 346 g/mol. The molecule has 5 nitrogen and oxygen atoms in total. The van der Waals surface area contributed by atoms with E-state index in [1.807, 2.05) is 62.4 Å². The van der Waals surface area contributed by atoms with Crippen LogP contribution in [0, 0.1) is 13.8 Å². The molecule has 1 amide bonds. The van der Waals surface area contributed by atoms with Gasteiger partial charge in [0, 0.05) is 25.3 Å². The molecule has 3 rings (SSSR count). The van der Waals surface area contributed by atoms with Crippen molar-refractivity contribution in [3.05, 3.63) is 83.3 Å². The highest BCUT2D eigenvalue weighted by Crippen LogP contribution is 2.23. The van der Waals surface area contributed by atoms with E-state index in [4.69, 9.17) is 0 Å². The van der Waals surface area contributed by atoms with Crippen molar-refractivity contribution in [3.63, 3.8) is 0 Å². The molecule has 132 valence electrons. The van der Waals surface area contributed by atoms with E-state index >= 15 is 0 Å². The van der Waals surface area contributed by atoms with Gasteiger partial charge >= 0.3 is 0 Å². The number of carbonyl (C=O) groups excluding carboxylic acids is 1. The van der Waals surface area contributed by atoms with Crippen LogP contribution in [0.3, 0.4) is 0 Å². The molecule has 0 aliphatic carbocycles. The molecule has 1 heterocycles. The molecule has 0 atom stereocenters. The molecule has 1 N–H and O–H groups in total. The highest BCUT2D eigenvalue weighted by atomic mass is 16.2. The molecule has 0 bridgehead atoms. The molecule has 5 heteroatoms. The van der Waals surface area contributed by atoms with Gasteiger partial charge in [0.1, 0.15) is 17.8 Å². The molecule has 0 unspecified atom stereocenters. The first-order valence-corrected chi connectivity index (χ1v) is 8.49. The fourth-order valence-corrected chi connectivity index (χ4v) is 2.81. The highest BCUT2D eigenvalue weighted by Gasteiger charge is 2.15. The average molecular weight is 346 g/mol. The van der Waals surface area contributed by atoms with Gasteiger partial charge in [-0.1, -0.05) is 48.5 Å². The van der Waals surface area contributed by atoms with Gasteiger partial charge in [-0.15, -0.1) is 0 Å². The lowest BCUT2D eigenvalue weighted by Gasteiger charge is -2.17. The second-order valence-electron chi connectivity index (χ2n) is 6.33. The summed E-state index contributed by atoms with van der Waals surface area (Å²) in [5.41, 5.74) is 4.69. The van der Waals surface area contributed by atoms with Crippen LogP contribution in [0.4, 0.5) is 11.5 Å². The van der Waals surface area contributed by atoms with E-state index in [1.54, 1.807) is 18.0 Å². The summed E-state index contributed by atoms with van der Waals surface area (Å²) in [7, 11) is 1.77. The third-order valence-corrected chi connectivity index (χ3v) is 4.23. The van der Waals surface area contributed by atoms with E-state index in [0.717, 1.165) is 22.4 Å². The van der Waals surface area contributed by atoms with Crippen LogP contribution >= 0.6 is 0 Å². The summed E-state index contributed by atoms with van der Waals surface area (Å²) in [4.78, 5) is 22.7. The second-order valence-corrected chi connectivity index (χ2v) is 6.33. The number of nitrogens with one attached hydrogen (secondary N) is 1. The number of amides is 1. The van der Waals surface area contributed by atoms with Crippen LogP contribution in [0.5, 0.6) is 0 Å². The number of para-hydroxylation sites is 1. The first kappa shape index (κ1) is 17.6. The molecule has 0 aliphatic rings. The maximum atomic E-state index is 12.7. The van der Waals surface area contributed by atoms with Crippen molar-refractivity contribution in [3.8, 4) is 0 Å². The topological polar surface area (TPSA) is 58.1 Å². The molecule has 0 saturated heterocycles. The quantitative estimate of drug-likeness (QED) is 0.755. The summed E-state index contributed by atoms with van der Waals surface area (Å²) >= 11 is 0. The molecule has 0 saturated carbocycles. The zero-order chi connectivity index (χ0) is 18.5. The predicted molar refractivity (Wildman–Crippen MR) is 103 cm³/mol. The Labute approximate surface area is 153 Å². The molecular formula is C21H22N4O. The van der Waals surface area contributed by atoms with Crippen molar-refractivity contribution in [1.29, 1.82) is 0 Å². The second kappa shape index (κ2) is 7.78. The number of hydrogen-bond acceptors (Lipinski definition) is 4. The zero-order valence-electron chi connectivity index (χ0n) is 15.2. The van der Waals surface area contributed by atoms with Crippen LogP contribution < -0.4 is 5.32 Å². The Balaban J connectivity index is 1.77. The van der Waals surface area contributed by atoms with Crippen molar-refractivity contribution in [2.45, 2.75) is 20.4 Å². The smallest absolute Gasteiger partial charge is 0.272 e. The van der Waals surface area contributed by atoms with Crippen molar-refractivity contribution >= 4 is 17.4 Å². The number of carbonyl (C=O) groups is 1. The van der Waals surface area contributed by atoms with Crippen LogP contribution in [0.1, 0.15) is 27.2 Å². The lowest BCUT2D eigenvalue weighted by molar-refractivity contribution is 0.0779. The zero-order valence-corrected chi connectivity index (χ0v) is 15.2. The van der Waals surface area contributed by atoms with Gasteiger partial charge in [-0.05, 0) is 30.5 Å². The molecular weight excluding hydrogens is 324 g/mol. The largest absolute Gasteiger partial charge is 0.340 e. The summed E-state index contributed by atoms with van der Waals surface area (Å²) in [5.74, 6) is 0.467. The van der Waals surface area contributed by atoms with Crippen LogP contribution in [0.25, 0.3) is 0 Å². The van der Waals surface area contributed by atoms with E-state index < -0.39 is 0 Å². The number of aromatic nitrogens is 2. The summed E-state index contributed by atoms with van der Waals surface area (Å²) in [5, 5.41) is 3.30. The Morgan fingerprint density at radius 3 is 2.38 bits per heavy atom. The maximum Gasteiger partial charge on any atom is 0.272 e. The van der Waals surface area contributed by atoms with Crippen molar-refractivity contribution in [2.24, 2.45) is 0 Å².